The van der Waals surface area contributed by atoms with Crippen molar-refractivity contribution >= 4 is 15.9 Å². The molecule has 1 heterocycles. The number of methoxy groups -OCH3 is 1. The van der Waals surface area contributed by atoms with Crippen molar-refractivity contribution in [2.45, 2.75) is 39.7 Å². The number of nitrogens with one attached hydrogen (secondary N) is 1. The number of ether oxygens (including phenoxy) is 1. The molecule has 1 atom stereocenters. The first kappa shape index (κ1) is 19.7. The molecule has 0 radical (unpaired) electrons. The third-order valence-electron chi connectivity index (χ3n) is 4.68. The molecule has 2 rings (SSSR count). The number of amides is 1. The van der Waals surface area contributed by atoms with E-state index in [1.165, 1.54) is 4.31 Å². The lowest BCUT2D eigenvalue weighted by Crippen LogP contribution is -2.52. The maximum Gasteiger partial charge on any atom is 0.227 e. The molecule has 6 nitrogen and oxygen atoms in total. The molecule has 1 aromatic carbocycles. The van der Waals surface area contributed by atoms with Crippen LogP contribution in [-0.4, -0.2) is 44.6 Å². The van der Waals surface area contributed by atoms with Crippen LogP contribution in [0.3, 0.4) is 0 Å². The number of hydrogen-bond donors (Lipinski definition) is 1. The summed E-state index contributed by atoms with van der Waals surface area (Å²) in [6, 6.07) is 7.51. The Morgan fingerprint density at radius 3 is 2.60 bits per heavy atom. The van der Waals surface area contributed by atoms with Gasteiger partial charge in [0.2, 0.25) is 15.9 Å². The van der Waals surface area contributed by atoms with Gasteiger partial charge in [-0.15, -0.1) is 0 Å². The van der Waals surface area contributed by atoms with Crippen LogP contribution in [0.5, 0.6) is 5.75 Å². The largest absolute Gasteiger partial charge is 0.497 e. The Bertz CT molecular complexity index is 688. The zero-order valence-corrected chi connectivity index (χ0v) is 16.1. The summed E-state index contributed by atoms with van der Waals surface area (Å²) in [5, 5.41) is 2.95. The molecule has 1 aromatic rings. The smallest absolute Gasteiger partial charge is 0.227 e. The van der Waals surface area contributed by atoms with Gasteiger partial charge in [0.1, 0.15) is 5.75 Å². The van der Waals surface area contributed by atoms with Crippen molar-refractivity contribution in [2.24, 2.45) is 5.41 Å². The van der Waals surface area contributed by atoms with E-state index in [0.29, 0.717) is 32.4 Å². The molecule has 1 aliphatic rings. The zero-order valence-electron chi connectivity index (χ0n) is 15.2. The van der Waals surface area contributed by atoms with Crippen LogP contribution in [0.4, 0.5) is 0 Å². The molecule has 0 aromatic heterocycles. The highest BCUT2D eigenvalue weighted by atomic mass is 32.2. The van der Waals surface area contributed by atoms with E-state index in [2.05, 4.69) is 5.32 Å². The van der Waals surface area contributed by atoms with Gasteiger partial charge in [0.05, 0.1) is 18.3 Å². The van der Waals surface area contributed by atoms with E-state index < -0.39 is 15.4 Å². The fourth-order valence-corrected chi connectivity index (χ4v) is 4.80. The van der Waals surface area contributed by atoms with E-state index in [4.69, 9.17) is 4.74 Å². The molecular formula is C18H28N2O4S. The van der Waals surface area contributed by atoms with Gasteiger partial charge in [-0.05, 0) is 43.9 Å². The second kappa shape index (κ2) is 8.19. The van der Waals surface area contributed by atoms with Crippen LogP contribution in [0.2, 0.25) is 0 Å². The average molecular weight is 368 g/mol. The molecule has 0 unspecified atom stereocenters. The standard InChI is InChI=1S/C18H28N2O4S/c1-4-12-25(22,23)20-11-5-10-18(2,14-20)17(21)19-13-15-6-8-16(24-3)9-7-15/h6-9H,4-5,10-14H2,1-3H3,(H,19,21)/t18-/m0/s1. The zero-order chi connectivity index (χ0) is 18.5. The molecule has 7 heteroatoms. The number of piperidine rings is 1. The van der Waals surface area contributed by atoms with E-state index in [9.17, 15) is 13.2 Å². The Hall–Kier alpha value is -1.60. The highest BCUT2D eigenvalue weighted by Crippen LogP contribution is 2.31. The number of rotatable bonds is 7. The lowest BCUT2D eigenvalue weighted by molar-refractivity contribution is -0.132. The predicted molar refractivity (Wildman–Crippen MR) is 97.8 cm³/mol. The predicted octanol–water partition coefficient (Wildman–Crippen LogP) is 2.15. The quantitative estimate of drug-likeness (QED) is 0.800. The molecule has 1 N–H and O–H groups in total. The van der Waals surface area contributed by atoms with Crippen LogP contribution in [-0.2, 0) is 21.4 Å². The number of carbonyl (C=O) groups excluding carboxylic acids is 1. The number of sulfonamides is 1. The lowest BCUT2D eigenvalue weighted by Gasteiger charge is -2.38. The van der Waals surface area contributed by atoms with E-state index >= 15 is 0 Å². The van der Waals surface area contributed by atoms with E-state index in [1.807, 2.05) is 38.1 Å². The van der Waals surface area contributed by atoms with Crippen molar-refractivity contribution in [3.63, 3.8) is 0 Å². The number of carbonyl (C=O) groups is 1. The molecule has 25 heavy (non-hydrogen) atoms. The monoisotopic (exact) mass is 368 g/mol. The third kappa shape index (κ3) is 4.95. The number of benzene rings is 1. The van der Waals surface area contributed by atoms with Gasteiger partial charge >= 0.3 is 0 Å². The van der Waals surface area contributed by atoms with Gasteiger partial charge in [0.25, 0.3) is 0 Å². The minimum absolute atomic E-state index is 0.0975. The van der Waals surface area contributed by atoms with Gasteiger partial charge in [0, 0.05) is 19.6 Å². The van der Waals surface area contributed by atoms with E-state index in [1.54, 1.807) is 7.11 Å². The van der Waals surface area contributed by atoms with Crippen molar-refractivity contribution in [3.8, 4) is 5.75 Å². The highest BCUT2D eigenvalue weighted by Gasteiger charge is 2.41. The summed E-state index contributed by atoms with van der Waals surface area (Å²) < 4.78 is 31.2. The van der Waals surface area contributed by atoms with Crippen molar-refractivity contribution < 1.29 is 17.9 Å². The molecule has 1 aliphatic heterocycles. The summed E-state index contributed by atoms with van der Waals surface area (Å²) in [6.07, 6.45) is 1.98. The summed E-state index contributed by atoms with van der Waals surface area (Å²) >= 11 is 0. The fraction of sp³-hybridized carbons (Fsp3) is 0.611. The first-order valence-corrected chi connectivity index (χ1v) is 10.3. The summed E-state index contributed by atoms with van der Waals surface area (Å²) in [7, 11) is -1.66. The Morgan fingerprint density at radius 2 is 2.00 bits per heavy atom. The molecule has 140 valence electrons. The van der Waals surface area contributed by atoms with Crippen LogP contribution < -0.4 is 10.1 Å². The average Bonchev–Trinajstić information content (AvgIpc) is 2.60. The van der Waals surface area contributed by atoms with Crippen molar-refractivity contribution in [1.82, 2.24) is 9.62 Å². The van der Waals surface area contributed by atoms with Gasteiger partial charge in [-0.2, -0.15) is 0 Å². The summed E-state index contributed by atoms with van der Waals surface area (Å²) in [4.78, 5) is 12.7. The Balaban J connectivity index is 1.99. The second-order valence-electron chi connectivity index (χ2n) is 6.84. The van der Waals surface area contributed by atoms with E-state index in [-0.39, 0.29) is 18.2 Å². The van der Waals surface area contributed by atoms with Crippen LogP contribution >= 0.6 is 0 Å². The molecule has 1 amide bonds. The number of nitrogens with zero attached hydrogens (tertiary/aromatic N) is 1. The topological polar surface area (TPSA) is 75.7 Å². The first-order valence-electron chi connectivity index (χ1n) is 8.70. The fourth-order valence-electron chi connectivity index (χ4n) is 3.14. The summed E-state index contributed by atoms with van der Waals surface area (Å²) in [5.74, 6) is 0.808. The summed E-state index contributed by atoms with van der Waals surface area (Å²) in [6.45, 7) is 4.87. The van der Waals surface area contributed by atoms with Crippen LogP contribution in [0.25, 0.3) is 0 Å². The minimum atomic E-state index is -3.27. The SMILES string of the molecule is CCCS(=O)(=O)N1CCC[C@](C)(C(=O)NCc2ccc(OC)cc2)C1. The van der Waals surface area contributed by atoms with Crippen molar-refractivity contribution in [1.29, 1.82) is 0 Å². The van der Waals surface area contributed by atoms with Crippen molar-refractivity contribution in [3.05, 3.63) is 29.8 Å². The number of hydrogen-bond acceptors (Lipinski definition) is 4. The molecule has 0 saturated carbocycles. The van der Waals surface area contributed by atoms with E-state index in [0.717, 1.165) is 11.3 Å². The second-order valence-corrected chi connectivity index (χ2v) is 8.93. The molecule has 0 spiro atoms. The summed E-state index contributed by atoms with van der Waals surface area (Å²) in [5.41, 5.74) is 0.287. The van der Waals surface area contributed by atoms with Gasteiger partial charge < -0.3 is 10.1 Å². The maximum absolute atomic E-state index is 12.7. The molecule has 1 fully saturated rings. The highest BCUT2D eigenvalue weighted by molar-refractivity contribution is 7.89. The van der Waals surface area contributed by atoms with Gasteiger partial charge in [-0.1, -0.05) is 19.1 Å². The van der Waals surface area contributed by atoms with Crippen LogP contribution in [0.1, 0.15) is 38.7 Å². The molecule has 1 saturated heterocycles. The van der Waals surface area contributed by atoms with Crippen LogP contribution in [0.15, 0.2) is 24.3 Å². The van der Waals surface area contributed by atoms with Gasteiger partial charge in [0.15, 0.2) is 0 Å². The third-order valence-corrected chi connectivity index (χ3v) is 6.70. The first-order chi connectivity index (χ1) is 11.8. The molecule has 0 bridgehead atoms. The Kier molecular flexibility index (Phi) is 6.46. The van der Waals surface area contributed by atoms with Gasteiger partial charge in [-0.25, -0.2) is 12.7 Å². The normalized spacial score (nSPS) is 21.7. The minimum Gasteiger partial charge on any atom is -0.497 e. The van der Waals surface area contributed by atoms with Crippen LogP contribution in [0, 0.1) is 5.41 Å². The Labute approximate surface area is 150 Å². The lowest BCUT2D eigenvalue weighted by atomic mass is 9.82. The molecule has 0 aliphatic carbocycles. The maximum atomic E-state index is 12.7. The Morgan fingerprint density at radius 1 is 1.32 bits per heavy atom. The van der Waals surface area contributed by atoms with Gasteiger partial charge in [-0.3, -0.25) is 4.79 Å². The van der Waals surface area contributed by atoms with Crippen molar-refractivity contribution in [2.75, 3.05) is 26.0 Å². The molecular weight excluding hydrogens is 340 g/mol.